The highest BCUT2D eigenvalue weighted by atomic mass is 16.1. The molecular weight excluding hydrogens is 278 g/mol. The van der Waals surface area contributed by atoms with Crippen molar-refractivity contribution in [3.05, 3.63) is 18.0 Å². The Balaban J connectivity index is 0.000000545. The zero-order chi connectivity index (χ0) is 15.9. The lowest BCUT2D eigenvalue weighted by molar-refractivity contribution is -0.106. The minimum atomic E-state index is 0.250. The van der Waals surface area contributed by atoms with Gasteiger partial charge in [-0.2, -0.15) is 0 Å². The molecular formula is C16H25N5O. The number of rotatable bonds is 3. The second kappa shape index (κ2) is 7.77. The van der Waals surface area contributed by atoms with Crippen LogP contribution in [-0.2, 0) is 4.79 Å². The van der Waals surface area contributed by atoms with Crippen LogP contribution in [0.3, 0.4) is 0 Å². The first-order valence-corrected chi connectivity index (χ1v) is 7.91. The van der Waals surface area contributed by atoms with Crippen molar-refractivity contribution in [1.29, 1.82) is 0 Å². The van der Waals surface area contributed by atoms with Gasteiger partial charge in [0.25, 0.3) is 0 Å². The summed E-state index contributed by atoms with van der Waals surface area (Å²) in [6.07, 6.45) is 10.7. The molecule has 1 aliphatic rings. The standard InChI is InChI=1S/C15H22N4.CH3NO/c1-10(2)12-8-16-15-14(12)19-13(9-17-15)18-11-6-4-3-5-7-11;2-1-3/h8-11H,3-7H2,1-2H3,(H,16,17)(H,18,19);1H,(H2,2,3). The number of hydrogen-bond donors (Lipinski definition) is 3. The third-order valence-electron chi connectivity index (χ3n) is 3.99. The number of fused-ring (bicyclic) bond motifs is 1. The van der Waals surface area contributed by atoms with Gasteiger partial charge in [-0.1, -0.05) is 33.1 Å². The van der Waals surface area contributed by atoms with Gasteiger partial charge in [0, 0.05) is 17.8 Å². The summed E-state index contributed by atoms with van der Waals surface area (Å²) in [5, 5.41) is 3.54. The Labute approximate surface area is 130 Å². The van der Waals surface area contributed by atoms with E-state index in [9.17, 15) is 0 Å². The van der Waals surface area contributed by atoms with Crippen molar-refractivity contribution in [1.82, 2.24) is 15.0 Å². The summed E-state index contributed by atoms with van der Waals surface area (Å²) in [4.78, 5) is 21.0. The van der Waals surface area contributed by atoms with E-state index in [-0.39, 0.29) is 6.41 Å². The van der Waals surface area contributed by atoms with E-state index in [2.05, 4.69) is 34.9 Å². The number of anilines is 1. The maximum atomic E-state index is 8.58. The molecule has 2 heterocycles. The number of nitrogens with zero attached hydrogens (tertiary/aromatic N) is 2. The molecule has 1 aliphatic carbocycles. The first kappa shape index (κ1) is 16.3. The fourth-order valence-electron chi connectivity index (χ4n) is 2.88. The van der Waals surface area contributed by atoms with Crippen molar-refractivity contribution in [2.24, 2.45) is 5.73 Å². The van der Waals surface area contributed by atoms with Gasteiger partial charge in [-0.25, -0.2) is 9.97 Å². The van der Waals surface area contributed by atoms with Crippen LogP contribution in [0.25, 0.3) is 11.2 Å². The Bertz CT molecular complexity index is 602. The molecule has 0 aliphatic heterocycles. The molecule has 0 atom stereocenters. The Hall–Kier alpha value is -2.11. The molecule has 3 rings (SSSR count). The van der Waals surface area contributed by atoms with Gasteiger partial charge in [-0.05, 0) is 18.8 Å². The van der Waals surface area contributed by atoms with Crippen molar-refractivity contribution in [2.45, 2.75) is 57.9 Å². The number of aromatic amines is 1. The molecule has 1 fully saturated rings. The van der Waals surface area contributed by atoms with E-state index in [1.54, 1.807) is 0 Å². The van der Waals surface area contributed by atoms with Crippen molar-refractivity contribution in [3.63, 3.8) is 0 Å². The normalized spacial score (nSPS) is 15.4. The summed E-state index contributed by atoms with van der Waals surface area (Å²) in [5.41, 5.74) is 7.31. The number of primary amides is 1. The Kier molecular flexibility index (Phi) is 5.75. The molecule has 0 unspecified atom stereocenters. The fourth-order valence-corrected chi connectivity index (χ4v) is 2.88. The predicted octanol–water partition coefficient (Wildman–Crippen LogP) is 2.93. The largest absolute Gasteiger partial charge is 0.372 e. The van der Waals surface area contributed by atoms with Crippen LogP contribution in [0.5, 0.6) is 0 Å². The summed E-state index contributed by atoms with van der Waals surface area (Å²) in [5.74, 6) is 1.38. The van der Waals surface area contributed by atoms with E-state index in [0.717, 1.165) is 17.0 Å². The van der Waals surface area contributed by atoms with Crippen LogP contribution < -0.4 is 11.1 Å². The molecule has 6 nitrogen and oxygen atoms in total. The van der Waals surface area contributed by atoms with E-state index >= 15 is 0 Å². The lowest BCUT2D eigenvalue weighted by Crippen LogP contribution is -2.22. The minimum Gasteiger partial charge on any atom is -0.372 e. The van der Waals surface area contributed by atoms with Gasteiger partial charge >= 0.3 is 0 Å². The van der Waals surface area contributed by atoms with Gasteiger partial charge in [0.05, 0.1) is 6.20 Å². The topological polar surface area (TPSA) is 96.7 Å². The second-order valence-corrected chi connectivity index (χ2v) is 5.97. The second-order valence-electron chi connectivity index (χ2n) is 5.97. The number of aromatic nitrogens is 3. The Morgan fingerprint density at radius 1 is 1.36 bits per heavy atom. The van der Waals surface area contributed by atoms with E-state index in [4.69, 9.17) is 9.78 Å². The molecule has 1 amide bonds. The van der Waals surface area contributed by atoms with Crippen molar-refractivity contribution in [3.8, 4) is 0 Å². The van der Waals surface area contributed by atoms with Gasteiger partial charge in [0.1, 0.15) is 11.3 Å². The van der Waals surface area contributed by atoms with Gasteiger partial charge < -0.3 is 16.0 Å². The highest BCUT2D eigenvalue weighted by Gasteiger charge is 2.15. The zero-order valence-electron chi connectivity index (χ0n) is 13.3. The van der Waals surface area contributed by atoms with Crippen molar-refractivity contribution in [2.75, 3.05) is 5.32 Å². The molecule has 2 aromatic heterocycles. The molecule has 2 aromatic rings. The third kappa shape index (κ3) is 3.96. The highest BCUT2D eigenvalue weighted by Crippen LogP contribution is 2.25. The van der Waals surface area contributed by atoms with Crippen LogP contribution in [0.1, 0.15) is 57.4 Å². The van der Waals surface area contributed by atoms with Crippen LogP contribution in [0.2, 0.25) is 0 Å². The van der Waals surface area contributed by atoms with Crippen molar-refractivity contribution < 1.29 is 4.79 Å². The number of amides is 1. The average Bonchev–Trinajstić information content (AvgIpc) is 2.92. The van der Waals surface area contributed by atoms with Gasteiger partial charge in [-0.3, -0.25) is 4.79 Å². The first-order chi connectivity index (χ1) is 10.7. The smallest absolute Gasteiger partial charge is 0.204 e. The molecule has 0 saturated heterocycles. The SMILES string of the molecule is CC(C)c1c[nH]c2ncc(NC3CCCCC3)nc12.NC=O. The summed E-state index contributed by atoms with van der Waals surface area (Å²) in [6.45, 7) is 4.37. The van der Waals surface area contributed by atoms with Crippen LogP contribution in [0.15, 0.2) is 12.4 Å². The van der Waals surface area contributed by atoms with Crippen molar-refractivity contribution >= 4 is 23.4 Å². The van der Waals surface area contributed by atoms with Crippen LogP contribution in [0, 0.1) is 0 Å². The molecule has 1 saturated carbocycles. The molecule has 0 radical (unpaired) electrons. The van der Waals surface area contributed by atoms with Gasteiger partial charge in [0.2, 0.25) is 6.41 Å². The first-order valence-electron chi connectivity index (χ1n) is 7.91. The zero-order valence-corrected chi connectivity index (χ0v) is 13.3. The average molecular weight is 303 g/mol. The number of nitrogens with two attached hydrogens (primary N) is 1. The Morgan fingerprint density at radius 3 is 2.68 bits per heavy atom. The summed E-state index contributed by atoms with van der Waals surface area (Å²) >= 11 is 0. The van der Waals surface area contributed by atoms with Crippen LogP contribution in [-0.4, -0.2) is 27.4 Å². The molecule has 0 bridgehead atoms. The molecule has 120 valence electrons. The number of carbonyl (C=O) groups is 1. The molecule has 22 heavy (non-hydrogen) atoms. The Morgan fingerprint density at radius 2 is 2.05 bits per heavy atom. The van der Waals surface area contributed by atoms with E-state index in [1.807, 2.05) is 12.4 Å². The molecule has 0 aromatic carbocycles. The lowest BCUT2D eigenvalue weighted by atomic mass is 9.95. The minimum absolute atomic E-state index is 0.250. The summed E-state index contributed by atoms with van der Waals surface area (Å²) in [7, 11) is 0. The summed E-state index contributed by atoms with van der Waals surface area (Å²) in [6, 6.07) is 0.571. The molecule has 6 heteroatoms. The third-order valence-corrected chi connectivity index (χ3v) is 3.99. The maximum absolute atomic E-state index is 8.58. The maximum Gasteiger partial charge on any atom is 0.204 e. The number of H-pyrrole nitrogens is 1. The fraction of sp³-hybridized carbons (Fsp3) is 0.562. The molecule has 4 N–H and O–H groups in total. The predicted molar refractivity (Wildman–Crippen MR) is 88.7 cm³/mol. The van der Waals surface area contributed by atoms with E-state index < -0.39 is 0 Å². The van der Waals surface area contributed by atoms with Crippen LogP contribution >= 0.6 is 0 Å². The monoisotopic (exact) mass is 303 g/mol. The summed E-state index contributed by atoms with van der Waals surface area (Å²) < 4.78 is 0. The quantitative estimate of drug-likeness (QED) is 0.759. The highest BCUT2D eigenvalue weighted by molar-refractivity contribution is 5.77. The number of hydrogen-bond acceptors (Lipinski definition) is 4. The van der Waals surface area contributed by atoms with E-state index in [0.29, 0.717) is 12.0 Å². The van der Waals surface area contributed by atoms with Gasteiger partial charge in [-0.15, -0.1) is 0 Å². The molecule has 0 spiro atoms. The number of carbonyl (C=O) groups excluding carboxylic acids is 1. The van der Waals surface area contributed by atoms with Crippen LogP contribution in [0.4, 0.5) is 5.82 Å². The van der Waals surface area contributed by atoms with Gasteiger partial charge in [0.15, 0.2) is 5.65 Å². The van der Waals surface area contributed by atoms with E-state index in [1.165, 1.54) is 37.7 Å². The lowest BCUT2D eigenvalue weighted by Gasteiger charge is -2.23. The number of nitrogens with one attached hydrogen (secondary N) is 2.